The van der Waals surface area contributed by atoms with E-state index in [9.17, 15) is 9.59 Å². The summed E-state index contributed by atoms with van der Waals surface area (Å²) in [5.41, 5.74) is 8.05. The molecule has 0 aliphatic carbocycles. The minimum Gasteiger partial charge on any atom is -0.483 e. The molecule has 0 spiro atoms. The van der Waals surface area contributed by atoms with Crippen LogP contribution in [0.1, 0.15) is 12.5 Å². The summed E-state index contributed by atoms with van der Waals surface area (Å²) in [5, 5.41) is 3.85. The molecule has 0 saturated heterocycles. The molecule has 2 aliphatic rings. The predicted molar refractivity (Wildman–Crippen MR) is 148 cm³/mol. The van der Waals surface area contributed by atoms with Crippen molar-refractivity contribution >= 4 is 64.8 Å². The fourth-order valence-electron chi connectivity index (χ4n) is 4.00. The lowest BCUT2D eigenvalue weighted by Gasteiger charge is -2.34. The Balaban J connectivity index is 0.00000380. The maximum absolute atomic E-state index is 12.9. The molecule has 0 radical (unpaired) electrons. The van der Waals surface area contributed by atoms with Crippen molar-refractivity contribution in [3.05, 3.63) is 98.3 Å². The summed E-state index contributed by atoms with van der Waals surface area (Å²) < 4.78 is 6.37. The van der Waals surface area contributed by atoms with Crippen LogP contribution in [0.5, 0.6) is 0 Å². The van der Waals surface area contributed by atoms with Crippen molar-refractivity contribution in [2.45, 2.75) is 13.5 Å². The van der Waals surface area contributed by atoms with Crippen LogP contribution in [0.2, 0.25) is 15.1 Å². The van der Waals surface area contributed by atoms with E-state index < -0.39 is 6.03 Å². The molecule has 2 aromatic rings. The van der Waals surface area contributed by atoms with Crippen molar-refractivity contribution < 1.29 is 14.3 Å². The standard InChI is InChI=1S/C25H24Cl3N5O3.ClH/c1-15-13-32-10-9-21(31(2)22(34)12-30-25(29)35)23(36-14-18-19(27)7-4-8-20(18)28)24(32)33(15)17-6-3-5-16(26)11-17;/h3-9,11,13H,10,12,14H2,1-2H3,(H3,29,30,35);1H. The van der Waals surface area contributed by atoms with Crippen LogP contribution in [0.4, 0.5) is 10.5 Å². The van der Waals surface area contributed by atoms with Crippen LogP contribution in [-0.2, 0) is 16.1 Å². The van der Waals surface area contributed by atoms with E-state index in [4.69, 9.17) is 45.3 Å². The first kappa shape index (κ1) is 28.5. The average Bonchev–Trinajstić information content (AvgIpc) is 3.17. The van der Waals surface area contributed by atoms with Crippen molar-refractivity contribution in [1.82, 2.24) is 15.1 Å². The number of anilines is 1. The Morgan fingerprint density at radius 1 is 1.14 bits per heavy atom. The highest BCUT2D eigenvalue weighted by molar-refractivity contribution is 6.36. The number of benzene rings is 2. The topological polar surface area (TPSA) is 91.1 Å². The van der Waals surface area contributed by atoms with Crippen LogP contribution in [0.25, 0.3) is 0 Å². The zero-order valence-electron chi connectivity index (χ0n) is 20.0. The number of nitrogens with one attached hydrogen (secondary N) is 1. The zero-order valence-corrected chi connectivity index (χ0v) is 23.1. The van der Waals surface area contributed by atoms with Gasteiger partial charge in [0, 0.05) is 51.8 Å². The van der Waals surface area contributed by atoms with E-state index >= 15 is 0 Å². The van der Waals surface area contributed by atoms with Gasteiger partial charge in [0.05, 0.1) is 12.2 Å². The number of allylic oxidation sites excluding steroid dienone is 1. The number of ether oxygens (including phenoxy) is 1. The quantitative estimate of drug-likeness (QED) is 0.451. The van der Waals surface area contributed by atoms with Crippen molar-refractivity contribution in [3.63, 3.8) is 0 Å². The molecule has 8 nitrogen and oxygen atoms in total. The number of halogens is 4. The maximum atomic E-state index is 12.9. The average molecular weight is 585 g/mol. The second-order valence-electron chi connectivity index (χ2n) is 8.14. The van der Waals surface area contributed by atoms with Gasteiger partial charge in [0.2, 0.25) is 5.91 Å². The molecule has 0 saturated carbocycles. The highest BCUT2D eigenvalue weighted by Gasteiger charge is 2.36. The third-order valence-electron chi connectivity index (χ3n) is 5.73. The molecule has 0 unspecified atom stereocenters. The predicted octanol–water partition coefficient (Wildman–Crippen LogP) is 5.46. The minimum atomic E-state index is -0.786. The highest BCUT2D eigenvalue weighted by atomic mass is 35.5. The van der Waals surface area contributed by atoms with Crippen LogP contribution in [0, 0.1) is 0 Å². The summed E-state index contributed by atoms with van der Waals surface area (Å²) in [5.74, 6) is 0.765. The molecule has 2 heterocycles. The van der Waals surface area contributed by atoms with Crippen LogP contribution in [-0.4, -0.2) is 41.9 Å². The van der Waals surface area contributed by atoms with E-state index in [1.807, 2.05) is 47.2 Å². The molecule has 196 valence electrons. The summed E-state index contributed by atoms with van der Waals surface area (Å²) in [4.78, 5) is 29.4. The fraction of sp³-hybridized carbons (Fsp3) is 0.200. The Morgan fingerprint density at radius 3 is 2.46 bits per heavy atom. The van der Waals surface area contributed by atoms with E-state index in [2.05, 4.69) is 5.32 Å². The lowest BCUT2D eigenvalue weighted by atomic mass is 10.2. The number of likely N-dealkylation sites (N-methyl/N-ethyl adjacent to an activating group) is 1. The van der Waals surface area contributed by atoms with Crippen molar-refractivity contribution in [1.29, 1.82) is 0 Å². The largest absolute Gasteiger partial charge is 0.483 e. The van der Waals surface area contributed by atoms with Gasteiger partial charge in [-0.1, -0.05) is 46.9 Å². The zero-order chi connectivity index (χ0) is 26.0. The molecule has 0 atom stereocenters. The first-order chi connectivity index (χ1) is 17.2. The van der Waals surface area contributed by atoms with Crippen LogP contribution in [0.15, 0.2) is 77.7 Å². The number of urea groups is 1. The fourth-order valence-corrected chi connectivity index (χ4v) is 4.69. The highest BCUT2D eigenvalue weighted by Crippen LogP contribution is 2.40. The number of carbonyl (C=O) groups is 2. The summed E-state index contributed by atoms with van der Waals surface area (Å²) in [6.07, 6.45) is 3.87. The van der Waals surface area contributed by atoms with Gasteiger partial charge in [-0.05, 0) is 43.3 Å². The van der Waals surface area contributed by atoms with Gasteiger partial charge in [-0.3, -0.25) is 9.69 Å². The number of nitrogens with zero attached hydrogens (tertiary/aromatic N) is 3. The van der Waals surface area contributed by atoms with Gasteiger partial charge in [0.15, 0.2) is 11.6 Å². The molecule has 4 rings (SSSR count). The molecule has 37 heavy (non-hydrogen) atoms. The van der Waals surface area contributed by atoms with Crippen molar-refractivity contribution in [3.8, 4) is 0 Å². The Morgan fingerprint density at radius 2 is 1.81 bits per heavy atom. The summed E-state index contributed by atoms with van der Waals surface area (Å²) in [6, 6.07) is 11.9. The Labute approximate surface area is 236 Å². The molecule has 0 fully saturated rings. The minimum absolute atomic E-state index is 0. The monoisotopic (exact) mass is 583 g/mol. The Bertz CT molecular complexity index is 1290. The number of nitrogens with two attached hydrogens (primary N) is 1. The first-order valence-electron chi connectivity index (χ1n) is 11.0. The number of primary amides is 1. The number of hydrogen-bond donors (Lipinski definition) is 2. The van der Waals surface area contributed by atoms with Gasteiger partial charge in [-0.2, -0.15) is 0 Å². The van der Waals surface area contributed by atoms with E-state index in [1.54, 1.807) is 31.3 Å². The van der Waals surface area contributed by atoms with Crippen LogP contribution >= 0.6 is 47.2 Å². The summed E-state index contributed by atoms with van der Waals surface area (Å²) in [7, 11) is 1.61. The van der Waals surface area contributed by atoms with Crippen molar-refractivity contribution in [2.24, 2.45) is 5.73 Å². The van der Waals surface area contributed by atoms with Gasteiger partial charge in [-0.25, -0.2) is 4.79 Å². The van der Waals surface area contributed by atoms with E-state index in [0.29, 0.717) is 44.5 Å². The lowest BCUT2D eigenvalue weighted by molar-refractivity contribution is -0.127. The van der Waals surface area contributed by atoms with E-state index in [-0.39, 0.29) is 31.5 Å². The Kier molecular flexibility index (Phi) is 9.26. The second kappa shape index (κ2) is 12.0. The molecule has 2 aromatic carbocycles. The van der Waals surface area contributed by atoms with Gasteiger partial charge < -0.3 is 25.6 Å². The van der Waals surface area contributed by atoms with E-state index in [0.717, 1.165) is 11.4 Å². The van der Waals surface area contributed by atoms with Gasteiger partial charge in [-0.15, -0.1) is 12.4 Å². The smallest absolute Gasteiger partial charge is 0.312 e. The number of hydrogen-bond acceptors (Lipinski definition) is 5. The summed E-state index contributed by atoms with van der Waals surface area (Å²) in [6.45, 7) is 2.26. The second-order valence-corrected chi connectivity index (χ2v) is 9.39. The van der Waals surface area contributed by atoms with Gasteiger partial charge in [0.1, 0.15) is 6.61 Å². The normalized spacial score (nSPS) is 14.4. The molecule has 3 amide bonds. The van der Waals surface area contributed by atoms with Crippen LogP contribution < -0.4 is 16.0 Å². The summed E-state index contributed by atoms with van der Waals surface area (Å²) >= 11 is 19.1. The number of rotatable bonds is 7. The number of fused-ring (bicyclic) bond motifs is 1. The molecule has 0 aromatic heterocycles. The molecule has 2 aliphatic heterocycles. The van der Waals surface area contributed by atoms with Crippen molar-refractivity contribution in [2.75, 3.05) is 25.0 Å². The Hall–Kier alpha value is -3.04. The molecular weight excluding hydrogens is 560 g/mol. The SMILES string of the molecule is CC1=CN2CC=C(N(C)C(=O)CNC(N)=O)C(OCc3c(Cl)cccc3Cl)=C2N1c1cccc(Cl)c1.Cl. The van der Waals surface area contributed by atoms with Gasteiger partial charge >= 0.3 is 6.03 Å². The van der Waals surface area contributed by atoms with Gasteiger partial charge in [0.25, 0.3) is 0 Å². The third-order valence-corrected chi connectivity index (χ3v) is 6.68. The molecule has 12 heteroatoms. The number of amides is 3. The third kappa shape index (κ3) is 6.10. The molecule has 3 N–H and O–H groups in total. The lowest BCUT2D eigenvalue weighted by Crippen LogP contribution is -2.42. The number of carbonyl (C=O) groups excluding carboxylic acids is 2. The van der Waals surface area contributed by atoms with Crippen LogP contribution in [0.3, 0.4) is 0 Å². The van der Waals surface area contributed by atoms with E-state index in [1.165, 1.54) is 4.90 Å². The first-order valence-corrected chi connectivity index (χ1v) is 12.1. The molecular formula is C25H25Cl4N5O3. The maximum Gasteiger partial charge on any atom is 0.312 e. The molecule has 0 bridgehead atoms.